The molecular formula is C29H31FN6O5S. The van der Waals surface area contributed by atoms with Crippen LogP contribution < -0.4 is 4.74 Å². The predicted octanol–water partition coefficient (Wildman–Crippen LogP) is 3.62. The molecule has 1 aliphatic heterocycles. The van der Waals surface area contributed by atoms with Gasteiger partial charge >= 0.3 is 0 Å². The van der Waals surface area contributed by atoms with Gasteiger partial charge in [0.05, 0.1) is 46.7 Å². The molecule has 0 amide bonds. The minimum Gasteiger partial charge on any atom is -0.475 e. The first-order valence-electron chi connectivity index (χ1n) is 13.7. The van der Waals surface area contributed by atoms with Crippen LogP contribution in [0, 0.1) is 18.7 Å². The van der Waals surface area contributed by atoms with E-state index < -0.39 is 21.7 Å². The summed E-state index contributed by atoms with van der Waals surface area (Å²) in [4.78, 5) is 9.14. The van der Waals surface area contributed by atoms with E-state index in [4.69, 9.17) is 14.5 Å². The molecule has 1 saturated heterocycles. The van der Waals surface area contributed by atoms with Crippen LogP contribution in [0.3, 0.4) is 0 Å². The number of ether oxygens (including phenoxy) is 2. The second-order valence-corrected chi connectivity index (χ2v) is 12.5. The van der Waals surface area contributed by atoms with Gasteiger partial charge in [-0.1, -0.05) is 23.4 Å². The summed E-state index contributed by atoms with van der Waals surface area (Å²) in [5.41, 5.74) is 3.92. The lowest BCUT2D eigenvalue weighted by atomic mass is 9.86. The fraction of sp³-hybridized carbons (Fsp3) is 0.379. The first-order valence-corrected chi connectivity index (χ1v) is 15.5. The van der Waals surface area contributed by atoms with Crippen LogP contribution in [0.5, 0.6) is 5.88 Å². The van der Waals surface area contributed by atoms with Gasteiger partial charge in [0.2, 0.25) is 5.88 Å². The van der Waals surface area contributed by atoms with E-state index in [1.165, 1.54) is 12.3 Å². The molecule has 1 fully saturated rings. The molecule has 13 heteroatoms. The standard InChI is InChI=1S/C29H31FN6O5S/c1-17-26(35(2)34-33-17)19-14-22-25(31-15-19)24-28(23(42(3,38)39)16-32-29(24)41-13-10-37)36(22)27(18-8-11-40-12-9-18)20-6-4-5-7-21(20)30/h4-7,14-16,18,27,37H,8-13H2,1-3H3/t27-/m0/s1. The van der Waals surface area contributed by atoms with Gasteiger partial charge in [-0.25, -0.2) is 22.5 Å². The molecule has 5 heterocycles. The summed E-state index contributed by atoms with van der Waals surface area (Å²) in [5, 5.41) is 18.2. The van der Waals surface area contributed by atoms with Crippen LogP contribution in [0.4, 0.5) is 4.39 Å². The largest absolute Gasteiger partial charge is 0.475 e. The molecule has 6 rings (SSSR count). The first kappa shape index (κ1) is 28.2. The van der Waals surface area contributed by atoms with E-state index in [9.17, 15) is 13.5 Å². The summed E-state index contributed by atoms with van der Waals surface area (Å²) in [6.45, 7) is 2.53. The Morgan fingerprint density at radius 2 is 1.95 bits per heavy atom. The number of fused-ring (bicyclic) bond motifs is 3. The SMILES string of the molecule is Cc1nnn(C)c1-c1cnc2c3c(OCCO)ncc(S(C)(=O)=O)c3n([C@H](c3ccccc3F)C3CCOCC3)c2c1. The molecule has 1 N–H and O–H groups in total. The number of aryl methyl sites for hydroxylation is 2. The predicted molar refractivity (Wildman–Crippen MR) is 154 cm³/mol. The molecule has 11 nitrogen and oxygen atoms in total. The highest BCUT2D eigenvalue weighted by molar-refractivity contribution is 7.91. The number of hydrogen-bond donors (Lipinski definition) is 1. The summed E-state index contributed by atoms with van der Waals surface area (Å²) in [6.07, 6.45) is 5.34. The van der Waals surface area contributed by atoms with Gasteiger partial charge < -0.3 is 19.1 Å². The molecule has 0 bridgehead atoms. The Kier molecular flexibility index (Phi) is 7.41. The van der Waals surface area contributed by atoms with Crippen molar-refractivity contribution in [2.75, 3.05) is 32.7 Å². The zero-order valence-corrected chi connectivity index (χ0v) is 24.3. The zero-order valence-electron chi connectivity index (χ0n) is 23.5. The Labute approximate surface area is 241 Å². The Morgan fingerprint density at radius 3 is 2.62 bits per heavy atom. The van der Waals surface area contributed by atoms with Gasteiger partial charge in [0, 0.05) is 43.8 Å². The van der Waals surface area contributed by atoms with Crippen molar-refractivity contribution in [2.45, 2.75) is 30.7 Å². The van der Waals surface area contributed by atoms with Crippen molar-refractivity contribution in [3.05, 3.63) is 59.8 Å². The van der Waals surface area contributed by atoms with Gasteiger partial charge in [-0.05, 0) is 37.8 Å². The Hall–Kier alpha value is -3.94. The average molecular weight is 595 g/mol. The van der Waals surface area contributed by atoms with Crippen LogP contribution in [0.2, 0.25) is 0 Å². The van der Waals surface area contributed by atoms with E-state index in [2.05, 4.69) is 15.3 Å². The number of halogens is 1. The molecule has 1 atom stereocenters. The first-order chi connectivity index (χ1) is 20.2. The fourth-order valence-corrected chi connectivity index (χ4v) is 6.81. The third kappa shape index (κ3) is 4.80. The Bertz CT molecular complexity index is 1880. The van der Waals surface area contributed by atoms with Gasteiger partial charge in [0.1, 0.15) is 22.8 Å². The number of aromatic nitrogens is 6. The molecular weight excluding hydrogens is 563 g/mol. The van der Waals surface area contributed by atoms with E-state index in [1.54, 1.807) is 36.1 Å². The maximum absolute atomic E-state index is 15.7. The van der Waals surface area contributed by atoms with Crippen molar-refractivity contribution >= 4 is 31.8 Å². The molecule has 5 aromatic rings. The van der Waals surface area contributed by atoms with Gasteiger partial charge in [-0.3, -0.25) is 4.98 Å². The van der Waals surface area contributed by atoms with Crippen LogP contribution >= 0.6 is 0 Å². The molecule has 0 spiro atoms. The van der Waals surface area contributed by atoms with E-state index >= 15 is 4.39 Å². The topological polar surface area (TPSA) is 134 Å². The highest BCUT2D eigenvalue weighted by Gasteiger charge is 2.35. The minimum absolute atomic E-state index is 0.0276. The van der Waals surface area contributed by atoms with Gasteiger partial charge in [0.25, 0.3) is 0 Å². The van der Waals surface area contributed by atoms with E-state index in [0.29, 0.717) is 64.8 Å². The molecule has 220 valence electrons. The number of sulfone groups is 1. The summed E-state index contributed by atoms with van der Waals surface area (Å²) in [7, 11) is -2.04. The molecule has 42 heavy (non-hydrogen) atoms. The monoisotopic (exact) mass is 594 g/mol. The third-order valence-corrected chi connectivity index (χ3v) is 8.90. The van der Waals surface area contributed by atoms with Crippen LogP contribution in [-0.4, -0.2) is 75.7 Å². The number of rotatable bonds is 8. The zero-order chi connectivity index (χ0) is 29.6. The van der Waals surface area contributed by atoms with Crippen molar-refractivity contribution in [3.63, 3.8) is 0 Å². The van der Waals surface area contributed by atoms with E-state index in [1.807, 2.05) is 17.6 Å². The molecule has 0 unspecified atom stereocenters. The van der Waals surface area contributed by atoms with Crippen LogP contribution in [0.25, 0.3) is 33.2 Å². The van der Waals surface area contributed by atoms with E-state index in [-0.39, 0.29) is 29.9 Å². The molecule has 4 aromatic heterocycles. The minimum atomic E-state index is -3.82. The lowest BCUT2D eigenvalue weighted by Gasteiger charge is -2.33. The number of nitrogens with zero attached hydrogens (tertiary/aromatic N) is 6. The third-order valence-electron chi connectivity index (χ3n) is 7.80. The van der Waals surface area contributed by atoms with Crippen molar-refractivity contribution in [1.82, 2.24) is 29.5 Å². The number of aliphatic hydroxyl groups excluding tert-OH is 1. The second kappa shape index (κ2) is 11.0. The molecule has 0 saturated carbocycles. The van der Waals surface area contributed by atoms with Gasteiger partial charge in [-0.15, -0.1) is 5.10 Å². The highest BCUT2D eigenvalue weighted by Crippen LogP contribution is 2.45. The summed E-state index contributed by atoms with van der Waals surface area (Å²) in [6, 6.07) is 7.87. The van der Waals surface area contributed by atoms with Crippen molar-refractivity contribution in [1.29, 1.82) is 0 Å². The highest BCUT2D eigenvalue weighted by atomic mass is 32.2. The maximum atomic E-state index is 15.7. The van der Waals surface area contributed by atoms with Crippen molar-refractivity contribution in [3.8, 4) is 17.1 Å². The lowest BCUT2D eigenvalue weighted by molar-refractivity contribution is 0.0548. The van der Waals surface area contributed by atoms with Crippen LogP contribution in [-0.2, 0) is 21.6 Å². The summed E-state index contributed by atoms with van der Waals surface area (Å²) < 4.78 is 57.3. The van der Waals surface area contributed by atoms with Gasteiger partial charge in [0.15, 0.2) is 9.84 Å². The van der Waals surface area contributed by atoms with E-state index in [0.717, 1.165) is 11.9 Å². The molecule has 0 aliphatic carbocycles. The number of aliphatic hydroxyl groups is 1. The maximum Gasteiger partial charge on any atom is 0.225 e. The second-order valence-electron chi connectivity index (χ2n) is 10.5. The van der Waals surface area contributed by atoms with Crippen molar-refractivity contribution in [2.24, 2.45) is 13.0 Å². The Balaban J connectivity index is 1.79. The normalized spacial score (nSPS) is 15.5. The molecule has 0 radical (unpaired) electrons. The average Bonchev–Trinajstić information content (AvgIpc) is 3.49. The molecule has 1 aromatic carbocycles. The van der Waals surface area contributed by atoms with Gasteiger partial charge in [-0.2, -0.15) is 0 Å². The smallest absolute Gasteiger partial charge is 0.225 e. The lowest BCUT2D eigenvalue weighted by Crippen LogP contribution is -2.28. The number of pyridine rings is 2. The Morgan fingerprint density at radius 1 is 1.19 bits per heavy atom. The number of hydrogen-bond acceptors (Lipinski definition) is 9. The summed E-state index contributed by atoms with van der Waals surface area (Å²) in [5.74, 6) is -0.347. The quantitative estimate of drug-likeness (QED) is 0.286. The molecule has 1 aliphatic rings. The van der Waals surface area contributed by atoms with Crippen LogP contribution in [0.15, 0.2) is 47.6 Å². The van der Waals surface area contributed by atoms with Crippen LogP contribution in [0.1, 0.15) is 30.1 Å². The fourth-order valence-electron chi connectivity index (χ4n) is 6.02. The number of benzene rings is 1. The summed E-state index contributed by atoms with van der Waals surface area (Å²) >= 11 is 0. The van der Waals surface area contributed by atoms with Crippen molar-refractivity contribution < 1.29 is 27.4 Å².